The Kier molecular flexibility index (Phi) is 9.25. The first-order valence-corrected chi connectivity index (χ1v) is 13.3. The quantitative estimate of drug-likeness (QED) is 0.244. The average Bonchev–Trinajstić information content (AvgIpc) is 3.55. The van der Waals surface area contributed by atoms with Crippen molar-refractivity contribution in [3.8, 4) is 22.5 Å². The highest BCUT2D eigenvalue weighted by atomic mass is 35.5. The van der Waals surface area contributed by atoms with Gasteiger partial charge in [0.2, 0.25) is 5.82 Å². The fraction of sp³-hybridized carbons (Fsp3) is 0.393. The van der Waals surface area contributed by atoms with Crippen molar-refractivity contribution >= 4 is 17.6 Å². The van der Waals surface area contributed by atoms with E-state index in [0.717, 1.165) is 47.3 Å². The van der Waals surface area contributed by atoms with E-state index in [2.05, 4.69) is 66.7 Å². The molecule has 0 aliphatic rings. The maximum absolute atomic E-state index is 12.7. The minimum Gasteiger partial charge on any atom is -0.458 e. The molecule has 1 atom stereocenters. The van der Waals surface area contributed by atoms with Gasteiger partial charge >= 0.3 is 5.97 Å². The van der Waals surface area contributed by atoms with Crippen LogP contribution in [0.25, 0.3) is 22.5 Å². The number of ether oxygens (including phenoxy) is 1. The van der Waals surface area contributed by atoms with Gasteiger partial charge in [-0.2, -0.15) is 5.21 Å². The zero-order chi connectivity index (χ0) is 27.1. The van der Waals surface area contributed by atoms with Crippen LogP contribution in [0.1, 0.15) is 50.7 Å². The van der Waals surface area contributed by atoms with Crippen molar-refractivity contribution in [1.82, 2.24) is 35.5 Å². The number of hydrogen-bond acceptors (Lipinski definition) is 7. The average molecular weight is 536 g/mol. The highest BCUT2D eigenvalue weighted by Crippen LogP contribution is 2.30. The largest absolute Gasteiger partial charge is 0.458 e. The Balaban J connectivity index is 1.58. The van der Waals surface area contributed by atoms with Crippen LogP contribution in [0.3, 0.4) is 0 Å². The van der Waals surface area contributed by atoms with Crippen LogP contribution < -0.4 is 5.32 Å². The molecule has 2 aromatic carbocycles. The number of hydrogen-bond donors (Lipinski definition) is 2. The third-order valence-electron chi connectivity index (χ3n) is 6.56. The van der Waals surface area contributed by atoms with Crippen LogP contribution in [-0.4, -0.2) is 49.2 Å². The van der Waals surface area contributed by atoms with E-state index in [1.807, 2.05) is 38.1 Å². The van der Waals surface area contributed by atoms with Crippen molar-refractivity contribution in [1.29, 1.82) is 0 Å². The maximum atomic E-state index is 12.7. The molecule has 2 heterocycles. The lowest BCUT2D eigenvalue weighted by Gasteiger charge is -2.19. The van der Waals surface area contributed by atoms with Gasteiger partial charge in [-0.1, -0.05) is 87.3 Å². The maximum Gasteiger partial charge on any atom is 0.323 e. The molecule has 4 rings (SSSR count). The molecule has 0 radical (unpaired) electrons. The minimum absolute atomic E-state index is 0.0673. The number of unbranched alkanes of at least 4 members (excludes halogenated alkanes) is 1. The zero-order valence-electron chi connectivity index (χ0n) is 22.2. The number of esters is 1. The number of carbonyl (C=O) groups is 1. The van der Waals surface area contributed by atoms with Gasteiger partial charge in [0.1, 0.15) is 18.5 Å². The molecule has 0 saturated heterocycles. The number of rotatable bonds is 12. The Hall–Kier alpha value is -3.56. The van der Waals surface area contributed by atoms with Gasteiger partial charge < -0.3 is 14.6 Å². The van der Waals surface area contributed by atoms with Crippen LogP contribution in [0.5, 0.6) is 0 Å². The van der Waals surface area contributed by atoms with E-state index in [1.54, 1.807) is 7.05 Å². The first-order chi connectivity index (χ1) is 18.4. The van der Waals surface area contributed by atoms with Crippen LogP contribution in [0, 0.1) is 5.92 Å². The highest BCUT2D eigenvalue weighted by Gasteiger charge is 2.24. The fourth-order valence-electron chi connectivity index (χ4n) is 4.49. The summed E-state index contributed by atoms with van der Waals surface area (Å²) < 4.78 is 7.76. The van der Waals surface area contributed by atoms with Crippen LogP contribution >= 0.6 is 11.6 Å². The number of aromatic amines is 1. The number of benzene rings is 2. The van der Waals surface area contributed by atoms with E-state index in [0.29, 0.717) is 23.2 Å². The molecule has 2 N–H and O–H groups in total. The molecule has 0 saturated carbocycles. The topological polar surface area (TPSA) is 111 Å². The van der Waals surface area contributed by atoms with Gasteiger partial charge in [-0.05, 0) is 41.3 Å². The Bertz CT molecular complexity index is 1330. The molecule has 0 fully saturated rings. The highest BCUT2D eigenvalue weighted by molar-refractivity contribution is 6.30. The summed E-state index contributed by atoms with van der Waals surface area (Å²) in [6.07, 6.45) is 2.83. The molecule has 0 bridgehead atoms. The normalized spacial score (nSPS) is 12.2. The number of nitrogens with zero attached hydrogens (tertiary/aromatic N) is 5. The van der Waals surface area contributed by atoms with Crippen molar-refractivity contribution in [2.75, 3.05) is 7.05 Å². The van der Waals surface area contributed by atoms with Crippen molar-refractivity contribution in [3.05, 3.63) is 70.8 Å². The molecule has 38 heavy (non-hydrogen) atoms. The molecule has 0 aliphatic carbocycles. The van der Waals surface area contributed by atoms with Crippen LogP contribution in [0.15, 0.2) is 48.5 Å². The Morgan fingerprint density at radius 3 is 2.50 bits per heavy atom. The van der Waals surface area contributed by atoms with Crippen molar-refractivity contribution in [2.45, 2.75) is 59.2 Å². The minimum atomic E-state index is -0.382. The van der Waals surface area contributed by atoms with E-state index in [4.69, 9.17) is 16.3 Å². The predicted octanol–water partition coefficient (Wildman–Crippen LogP) is 5.06. The van der Waals surface area contributed by atoms with Gasteiger partial charge in [0.05, 0.1) is 5.69 Å². The van der Waals surface area contributed by atoms with Gasteiger partial charge in [-0.25, -0.2) is 4.98 Å². The third-order valence-corrected chi connectivity index (χ3v) is 6.86. The van der Waals surface area contributed by atoms with Gasteiger partial charge in [0, 0.05) is 18.5 Å². The van der Waals surface area contributed by atoms with Gasteiger partial charge in [0.25, 0.3) is 0 Å². The molecule has 9 nitrogen and oxygen atoms in total. The Labute approximate surface area is 228 Å². The monoisotopic (exact) mass is 535 g/mol. The van der Waals surface area contributed by atoms with Crippen molar-refractivity contribution < 1.29 is 9.53 Å². The summed E-state index contributed by atoms with van der Waals surface area (Å²) in [5, 5.41) is 17.9. The lowest BCUT2D eigenvalue weighted by molar-refractivity contribution is -0.148. The lowest BCUT2D eigenvalue weighted by atomic mass is 9.98. The lowest BCUT2D eigenvalue weighted by Crippen LogP contribution is -2.39. The second-order valence-corrected chi connectivity index (χ2v) is 9.91. The molecule has 4 aromatic rings. The first kappa shape index (κ1) is 27.5. The van der Waals surface area contributed by atoms with Gasteiger partial charge in [-0.15, -0.1) is 10.2 Å². The molecule has 2 aromatic heterocycles. The summed E-state index contributed by atoms with van der Waals surface area (Å²) in [5.74, 6) is 1.25. The summed E-state index contributed by atoms with van der Waals surface area (Å²) in [5.41, 5.74) is 4.76. The third kappa shape index (κ3) is 6.28. The summed E-state index contributed by atoms with van der Waals surface area (Å²) >= 11 is 6.57. The number of carbonyl (C=O) groups excluding carboxylic acids is 1. The number of H-pyrrole nitrogens is 1. The van der Waals surface area contributed by atoms with E-state index in [1.165, 1.54) is 0 Å². The number of likely N-dealkylation sites (N-methyl/N-ethyl adjacent to an activating group) is 1. The van der Waals surface area contributed by atoms with E-state index >= 15 is 0 Å². The molecule has 0 amide bonds. The SMILES string of the molecule is CCCCc1nc(Cl)c(COC(=O)[C@@H](NC)C(C)C)n1Cc1ccc(-c2ccccc2-c2nn[nH]n2)cc1. The van der Waals surface area contributed by atoms with E-state index in [9.17, 15) is 4.79 Å². The molecule has 200 valence electrons. The number of aryl methyl sites for hydroxylation is 1. The number of imidazole rings is 1. The number of tetrazole rings is 1. The standard InChI is InChI=1S/C28H34ClN7O2/c1-5-6-11-24-31-26(29)23(17-38-28(37)25(30-4)18(2)3)36(24)16-19-12-14-20(15-13-19)21-9-7-8-10-22(21)27-32-34-35-33-27/h7-10,12-15,18,25,30H,5-6,11,16-17H2,1-4H3,(H,32,33,34,35)/t25-/m0/s1. The number of aromatic nitrogens is 6. The summed E-state index contributed by atoms with van der Waals surface area (Å²) in [6.45, 7) is 6.74. The summed E-state index contributed by atoms with van der Waals surface area (Å²) in [6, 6.07) is 15.9. The smallest absolute Gasteiger partial charge is 0.323 e. The zero-order valence-corrected chi connectivity index (χ0v) is 23.0. The molecular formula is C28H34ClN7O2. The van der Waals surface area contributed by atoms with E-state index < -0.39 is 0 Å². The van der Waals surface area contributed by atoms with Crippen LogP contribution in [-0.2, 0) is 29.1 Å². The summed E-state index contributed by atoms with van der Waals surface area (Å²) in [4.78, 5) is 17.3. The molecule has 0 unspecified atom stereocenters. The first-order valence-electron chi connectivity index (χ1n) is 12.9. The molecule has 0 aliphatic heterocycles. The predicted molar refractivity (Wildman–Crippen MR) is 147 cm³/mol. The molecular weight excluding hydrogens is 502 g/mol. The van der Waals surface area contributed by atoms with Gasteiger partial charge in [-0.3, -0.25) is 4.79 Å². The van der Waals surface area contributed by atoms with Crippen molar-refractivity contribution in [3.63, 3.8) is 0 Å². The molecule has 0 spiro atoms. The van der Waals surface area contributed by atoms with E-state index in [-0.39, 0.29) is 24.5 Å². The van der Waals surface area contributed by atoms with Crippen molar-refractivity contribution in [2.24, 2.45) is 5.92 Å². The fourth-order valence-corrected chi connectivity index (χ4v) is 4.74. The number of nitrogens with one attached hydrogen (secondary N) is 2. The number of halogens is 1. The summed E-state index contributed by atoms with van der Waals surface area (Å²) in [7, 11) is 1.76. The Morgan fingerprint density at radius 1 is 1.13 bits per heavy atom. The van der Waals surface area contributed by atoms with Crippen LogP contribution in [0.2, 0.25) is 5.15 Å². The van der Waals surface area contributed by atoms with Gasteiger partial charge in [0.15, 0.2) is 5.15 Å². The second-order valence-electron chi connectivity index (χ2n) is 9.55. The molecule has 10 heteroatoms. The second kappa shape index (κ2) is 12.8. The van der Waals surface area contributed by atoms with Crippen LogP contribution in [0.4, 0.5) is 0 Å². The Morgan fingerprint density at radius 2 is 1.87 bits per heavy atom.